The molecule has 4 rings (SSSR count). The van der Waals surface area contributed by atoms with E-state index >= 15 is 0 Å². The molecule has 0 saturated carbocycles. The van der Waals surface area contributed by atoms with Crippen LogP contribution in [0, 0.1) is 5.92 Å². The van der Waals surface area contributed by atoms with Crippen molar-refractivity contribution in [2.24, 2.45) is 5.92 Å². The zero-order chi connectivity index (χ0) is 20.8. The highest BCUT2D eigenvalue weighted by Crippen LogP contribution is 2.31. The molecule has 1 aromatic heterocycles. The number of hydrogen-bond acceptors (Lipinski definition) is 4. The molecular formula is C24H26N2O4. The second-order valence-electron chi connectivity index (χ2n) is 7.65. The fraction of sp³-hybridized carbons (Fsp3) is 0.333. The molecule has 3 atom stereocenters. The zero-order valence-corrected chi connectivity index (χ0v) is 16.8. The topological polar surface area (TPSA) is 73.6 Å². The Labute approximate surface area is 176 Å². The lowest BCUT2D eigenvalue weighted by atomic mass is 9.88. The Balaban J connectivity index is 1.39. The third-order valence-corrected chi connectivity index (χ3v) is 5.47. The molecule has 1 aliphatic carbocycles. The number of rotatable bonds is 8. The van der Waals surface area contributed by atoms with Crippen molar-refractivity contribution in [1.29, 1.82) is 0 Å². The van der Waals surface area contributed by atoms with Gasteiger partial charge in [0, 0.05) is 42.9 Å². The van der Waals surface area contributed by atoms with Gasteiger partial charge in [-0.1, -0.05) is 36.4 Å². The number of imidazole rings is 1. The molecule has 3 unspecified atom stereocenters. The van der Waals surface area contributed by atoms with Gasteiger partial charge < -0.3 is 19.1 Å². The summed E-state index contributed by atoms with van der Waals surface area (Å²) in [5, 5.41) is 8.97. The number of ether oxygens (including phenoxy) is 2. The van der Waals surface area contributed by atoms with Crippen LogP contribution in [0.5, 0.6) is 5.75 Å². The Hall–Kier alpha value is -3.12. The van der Waals surface area contributed by atoms with E-state index in [0.717, 1.165) is 36.5 Å². The number of benzene rings is 1. The summed E-state index contributed by atoms with van der Waals surface area (Å²) in [5.74, 6) is 0.183. The molecular weight excluding hydrogens is 380 g/mol. The normalized spacial score (nSPS) is 22.9. The Kier molecular flexibility index (Phi) is 6.44. The van der Waals surface area contributed by atoms with Gasteiger partial charge in [-0.05, 0) is 30.5 Å². The summed E-state index contributed by atoms with van der Waals surface area (Å²) in [7, 11) is 0. The van der Waals surface area contributed by atoms with E-state index in [4.69, 9.17) is 14.6 Å². The first kappa shape index (κ1) is 20.2. The third-order valence-electron chi connectivity index (χ3n) is 5.47. The number of nitrogens with zero attached hydrogens (tertiary/aromatic N) is 2. The van der Waals surface area contributed by atoms with E-state index in [0.29, 0.717) is 24.8 Å². The lowest BCUT2D eigenvalue weighted by Crippen LogP contribution is -2.34. The SMILES string of the molecule is O=C(O)/C=C/c1ccc(Cn2ccnc2)cc1OCCC1CCC2C=CC=CC2O1. The van der Waals surface area contributed by atoms with Crippen molar-refractivity contribution in [3.8, 4) is 5.75 Å². The smallest absolute Gasteiger partial charge is 0.328 e. The molecule has 0 amide bonds. The van der Waals surface area contributed by atoms with Crippen molar-refractivity contribution in [3.05, 3.63) is 78.4 Å². The van der Waals surface area contributed by atoms with E-state index in [1.165, 1.54) is 0 Å². The molecule has 1 fully saturated rings. The van der Waals surface area contributed by atoms with Crippen LogP contribution in [0.4, 0.5) is 0 Å². The first-order valence-corrected chi connectivity index (χ1v) is 10.3. The van der Waals surface area contributed by atoms with Gasteiger partial charge in [-0.25, -0.2) is 9.78 Å². The summed E-state index contributed by atoms with van der Waals surface area (Å²) in [6.07, 6.45) is 19.9. The Morgan fingerprint density at radius 1 is 1.30 bits per heavy atom. The van der Waals surface area contributed by atoms with Crippen LogP contribution in [0.15, 0.2) is 67.3 Å². The monoisotopic (exact) mass is 406 g/mol. The molecule has 1 aromatic carbocycles. The first-order chi connectivity index (χ1) is 14.7. The van der Waals surface area contributed by atoms with E-state index < -0.39 is 5.97 Å². The van der Waals surface area contributed by atoms with Gasteiger partial charge >= 0.3 is 5.97 Å². The molecule has 2 aromatic rings. The van der Waals surface area contributed by atoms with Crippen LogP contribution in [0.25, 0.3) is 6.08 Å². The number of carboxylic acid groups (broad SMARTS) is 1. The molecule has 1 saturated heterocycles. The predicted octanol–water partition coefficient (Wildman–Crippen LogP) is 4.09. The molecule has 0 radical (unpaired) electrons. The highest BCUT2D eigenvalue weighted by molar-refractivity contribution is 5.85. The quantitative estimate of drug-likeness (QED) is 0.669. The summed E-state index contributed by atoms with van der Waals surface area (Å²) in [4.78, 5) is 15.0. The minimum Gasteiger partial charge on any atom is -0.493 e. The van der Waals surface area contributed by atoms with Gasteiger partial charge in [0.2, 0.25) is 0 Å². The maximum atomic E-state index is 10.9. The lowest BCUT2D eigenvalue weighted by molar-refractivity contribution is -0.131. The zero-order valence-electron chi connectivity index (χ0n) is 16.8. The van der Waals surface area contributed by atoms with Crippen LogP contribution in [0.2, 0.25) is 0 Å². The summed E-state index contributed by atoms with van der Waals surface area (Å²) in [5.41, 5.74) is 1.81. The van der Waals surface area contributed by atoms with Gasteiger partial charge in [-0.3, -0.25) is 0 Å². The molecule has 156 valence electrons. The molecule has 2 aliphatic rings. The molecule has 1 N–H and O–H groups in total. The number of hydrogen-bond donors (Lipinski definition) is 1. The van der Waals surface area contributed by atoms with Crippen LogP contribution in [-0.2, 0) is 16.1 Å². The molecule has 1 aliphatic heterocycles. The second kappa shape index (κ2) is 9.59. The average Bonchev–Trinajstić information content (AvgIpc) is 3.26. The molecule has 6 heteroatoms. The standard InChI is InChI=1S/C24H26N2O4/c27-24(28)10-8-20-6-5-18(16-26-13-12-25-17-26)15-23(20)29-14-11-21-9-7-19-3-1-2-4-22(19)30-21/h1-6,8,10,12-13,15,17,19,21-22H,7,9,11,14,16H2,(H,27,28)/b10-8+. The largest absolute Gasteiger partial charge is 0.493 e. The van der Waals surface area contributed by atoms with Gasteiger partial charge in [0.1, 0.15) is 5.75 Å². The highest BCUT2D eigenvalue weighted by Gasteiger charge is 2.28. The van der Waals surface area contributed by atoms with E-state index in [1.54, 1.807) is 18.6 Å². The van der Waals surface area contributed by atoms with Gasteiger partial charge in [0.15, 0.2) is 0 Å². The van der Waals surface area contributed by atoms with Crippen molar-refractivity contribution in [3.63, 3.8) is 0 Å². The fourth-order valence-electron chi connectivity index (χ4n) is 3.91. The molecule has 6 nitrogen and oxygen atoms in total. The van der Waals surface area contributed by atoms with Crippen LogP contribution < -0.4 is 4.74 Å². The highest BCUT2D eigenvalue weighted by atomic mass is 16.5. The van der Waals surface area contributed by atoms with Crippen LogP contribution in [0.3, 0.4) is 0 Å². The average molecular weight is 406 g/mol. The Morgan fingerprint density at radius 2 is 2.20 bits per heavy atom. The van der Waals surface area contributed by atoms with Crippen molar-refractivity contribution in [2.45, 2.75) is 38.0 Å². The van der Waals surface area contributed by atoms with E-state index in [1.807, 2.05) is 35.0 Å². The minimum absolute atomic E-state index is 0.168. The van der Waals surface area contributed by atoms with Gasteiger partial charge in [-0.2, -0.15) is 0 Å². The summed E-state index contributed by atoms with van der Waals surface area (Å²) in [6, 6.07) is 5.83. The maximum Gasteiger partial charge on any atom is 0.328 e. The minimum atomic E-state index is -0.983. The molecule has 0 bridgehead atoms. The number of allylic oxidation sites excluding steroid dienone is 2. The van der Waals surface area contributed by atoms with E-state index in [-0.39, 0.29) is 12.2 Å². The summed E-state index contributed by atoms with van der Waals surface area (Å²) in [6.45, 7) is 1.19. The van der Waals surface area contributed by atoms with Crippen molar-refractivity contribution < 1.29 is 19.4 Å². The van der Waals surface area contributed by atoms with Gasteiger partial charge in [0.25, 0.3) is 0 Å². The number of carbonyl (C=O) groups is 1. The second-order valence-corrected chi connectivity index (χ2v) is 7.65. The van der Waals surface area contributed by atoms with Crippen LogP contribution in [0.1, 0.15) is 30.4 Å². The number of fused-ring (bicyclic) bond motifs is 1. The molecule has 2 heterocycles. The van der Waals surface area contributed by atoms with Crippen molar-refractivity contribution >= 4 is 12.0 Å². The van der Waals surface area contributed by atoms with Gasteiger partial charge in [-0.15, -0.1) is 0 Å². The maximum absolute atomic E-state index is 10.9. The van der Waals surface area contributed by atoms with Crippen LogP contribution >= 0.6 is 0 Å². The van der Waals surface area contributed by atoms with E-state index in [9.17, 15) is 4.79 Å². The van der Waals surface area contributed by atoms with Gasteiger partial charge in [0.05, 0.1) is 25.1 Å². The number of aliphatic carboxylic acids is 1. The van der Waals surface area contributed by atoms with Crippen molar-refractivity contribution in [1.82, 2.24) is 9.55 Å². The predicted molar refractivity (Wildman–Crippen MR) is 114 cm³/mol. The Morgan fingerprint density at radius 3 is 3.03 bits per heavy atom. The number of carboxylic acids is 1. The molecule has 0 spiro atoms. The van der Waals surface area contributed by atoms with E-state index in [2.05, 4.69) is 23.2 Å². The number of aromatic nitrogens is 2. The molecule has 30 heavy (non-hydrogen) atoms. The summed E-state index contributed by atoms with van der Waals surface area (Å²) >= 11 is 0. The van der Waals surface area contributed by atoms with Crippen molar-refractivity contribution in [2.75, 3.05) is 6.61 Å². The first-order valence-electron chi connectivity index (χ1n) is 10.3. The van der Waals surface area contributed by atoms with Crippen LogP contribution in [-0.4, -0.2) is 39.4 Å². The third kappa shape index (κ3) is 5.27. The lowest BCUT2D eigenvalue weighted by Gasteiger charge is -2.34. The fourth-order valence-corrected chi connectivity index (χ4v) is 3.91. The Bertz CT molecular complexity index is 946. The summed E-state index contributed by atoms with van der Waals surface area (Å²) < 4.78 is 14.3.